The van der Waals surface area contributed by atoms with Crippen LogP contribution >= 0.6 is 0 Å². The van der Waals surface area contributed by atoms with Crippen LogP contribution in [-0.2, 0) is 21.6 Å². The van der Waals surface area contributed by atoms with E-state index in [2.05, 4.69) is 5.32 Å². The number of anilines is 1. The first-order valence-corrected chi connectivity index (χ1v) is 10.5. The van der Waals surface area contributed by atoms with Crippen molar-refractivity contribution in [3.8, 4) is 5.75 Å². The lowest BCUT2D eigenvalue weighted by molar-refractivity contribution is -0.125. The molecule has 31 heavy (non-hydrogen) atoms. The van der Waals surface area contributed by atoms with E-state index in [4.69, 9.17) is 9.47 Å². The Morgan fingerprint density at radius 1 is 1.03 bits per heavy atom. The number of carbonyl (C=O) groups excluding carboxylic acids is 1. The van der Waals surface area contributed by atoms with Gasteiger partial charge < -0.3 is 14.8 Å². The first kappa shape index (κ1) is 21.1. The first-order valence-electron chi connectivity index (χ1n) is 10.5. The van der Waals surface area contributed by atoms with Crippen LogP contribution in [0.4, 0.5) is 10.1 Å². The molecule has 1 heterocycles. The third kappa shape index (κ3) is 4.62. The summed E-state index contributed by atoms with van der Waals surface area (Å²) in [4.78, 5) is 13.4. The van der Waals surface area contributed by atoms with Crippen LogP contribution in [0.1, 0.15) is 29.5 Å². The molecule has 0 unspecified atom stereocenters. The highest BCUT2D eigenvalue weighted by molar-refractivity contribution is 5.99. The predicted molar refractivity (Wildman–Crippen MR) is 119 cm³/mol. The maximum atomic E-state index is 14.6. The van der Waals surface area contributed by atoms with Crippen LogP contribution in [0, 0.1) is 12.7 Å². The topological polar surface area (TPSA) is 47.6 Å². The van der Waals surface area contributed by atoms with Gasteiger partial charge in [-0.2, -0.15) is 0 Å². The molecule has 160 valence electrons. The van der Waals surface area contributed by atoms with Crippen molar-refractivity contribution in [3.63, 3.8) is 0 Å². The number of rotatable bonds is 6. The average molecular weight is 419 g/mol. The molecule has 1 saturated heterocycles. The summed E-state index contributed by atoms with van der Waals surface area (Å²) in [5.41, 5.74) is 2.15. The molecule has 4 rings (SSSR count). The van der Waals surface area contributed by atoms with Crippen molar-refractivity contribution in [2.24, 2.45) is 0 Å². The summed E-state index contributed by atoms with van der Waals surface area (Å²) in [5.74, 6) is 0.190. The Kier molecular flexibility index (Phi) is 6.33. The lowest BCUT2D eigenvalue weighted by Crippen LogP contribution is -2.45. The van der Waals surface area contributed by atoms with Crippen molar-refractivity contribution in [2.45, 2.75) is 31.8 Å². The molecule has 4 nitrogen and oxygen atoms in total. The quantitative estimate of drug-likeness (QED) is 0.582. The molecule has 0 aromatic heterocycles. The molecule has 0 saturated carbocycles. The van der Waals surface area contributed by atoms with Gasteiger partial charge in [0.25, 0.3) is 0 Å². The van der Waals surface area contributed by atoms with Gasteiger partial charge in [-0.15, -0.1) is 0 Å². The highest BCUT2D eigenvalue weighted by Crippen LogP contribution is 2.38. The minimum Gasteiger partial charge on any atom is -0.489 e. The van der Waals surface area contributed by atoms with Crippen molar-refractivity contribution < 1.29 is 18.7 Å². The molecular weight excluding hydrogens is 393 g/mol. The third-order valence-corrected chi connectivity index (χ3v) is 5.84. The van der Waals surface area contributed by atoms with Gasteiger partial charge in [0.15, 0.2) is 0 Å². The Morgan fingerprint density at radius 3 is 2.45 bits per heavy atom. The van der Waals surface area contributed by atoms with Gasteiger partial charge in [-0.25, -0.2) is 4.39 Å². The molecular formula is C26H26FNO3. The van der Waals surface area contributed by atoms with Crippen molar-refractivity contribution >= 4 is 11.6 Å². The van der Waals surface area contributed by atoms with E-state index < -0.39 is 5.41 Å². The number of aryl methyl sites for hydroxylation is 1. The molecule has 3 aromatic rings. The SMILES string of the molecule is Cc1cc(NC(=O)C2(c3ccccc3F)CCOCC2)ccc1OCc1ccccc1. The summed E-state index contributed by atoms with van der Waals surface area (Å²) in [7, 11) is 0. The lowest BCUT2D eigenvalue weighted by Gasteiger charge is -2.36. The van der Waals surface area contributed by atoms with Gasteiger partial charge in [0.2, 0.25) is 5.91 Å². The first-order chi connectivity index (χ1) is 15.1. The van der Waals surface area contributed by atoms with Crippen molar-refractivity contribution in [3.05, 3.63) is 95.3 Å². The van der Waals surface area contributed by atoms with Gasteiger partial charge in [0.05, 0.1) is 5.41 Å². The van der Waals surface area contributed by atoms with Crippen LogP contribution in [0.5, 0.6) is 5.75 Å². The van der Waals surface area contributed by atoms with E-state index >= 15 is 0 Å². The zero-order valence-electron chi connectivity index (χ0n) is 17.6. The molecule has 0 atom stereocenters. The second-order valence-electron chi connectivity index (χ2n) is 7.88. The Bertz CT molecular complexity index is 1050. The van der Waals surface area contributed by atoms with E-state index in [0.29, 0.717) is 43.9 Å². The fourth-order valence-electron chi connectivity index (χ4n) is 4.06. The number of nitrogens with one attached hydrogen (secondary N) is 1. The Balaban J connectivity index is 1.51. The van der Waals surface area contributed by atoms with E-state index in [1.54, 1.807) is 18.2 Å². The van der Waals surface area contributed by atoms with Gasteiger partial charge in [-0.1, -0.05) is 48.5 Å². The highest BCUT2D eigenvalue weighted by Gasteiger charge is 2.43. The summed E-state index contributed by atoms with van der Waals surface area (Å²) in [6, 6.07) is 22.0. The molecule has 0 spiro atoms. The summed E-state index contributed by atoms with van der Waals surface area (Å²) >= 11 is 0. The Hall–Kier alpha value is -3.18. The van der Waals surface area contributed by atoms with Crippen LogP contribution in [0.3, 0.4) is 0 Å². The molecule has 3 aromatic carbocycles. The van der Waals surface area contributed by atoms with Gasteiger partial charge in [0, 0.05) is 24.5 Å². The zero-order valence-corrected chi connectivity index (χ0v) is 17.6. The molecule has 0 aliphatic carbocycles. The molecule has 1 aliphatic heterocycles. The monoisotopic (exact) mass is 419 g/mol. The van der Waals surface area contributed by atoms with Crippen LogP contribution in [0.25, 0.3) is 0 Å². The molecule has 1 amide bonds. The van der Waals surface area contributed by atoms with Gasteiger partial charge in [-0.05, 0) is 55.2 Å². The van der Waals surface area contributed by atoms with Crippen LogP contribution in [0.15, 0.2) is 72.8 Å². The fraction of sp³-hybridized carbons (Fsp3) is 0.269. The lowest BCUT2D eigenvalue weighted by atomic mass is 9.73. The second kappa shape index (κ2) is 9.31. The zero-order chi connectivity index (χ0) is 21.7. The minimum absolute atomic E-state index is 0.210. The molecule has 0 bridgehead atoms. The van der Waals surface area contributed by atoms with Crippen molar-refractivity contribution in [1.82, 2.24) is 0 Å². The largest absolute Gasteiger partial charge is 0.489 e. The number of ether oxygens (including phenoxy) is 2. The highest BCUT2D eigenvalue weighted by atomic mass is 19.1. The standard InChI is InChI=1S/C26H26FNO3/c1-19-17-21(11-12-24(19)31-18-20-7-3-2-4-8-20)28-25(29)26(13-15-30-16-14-26)22-9-5-6-10-23(22)27/h2-12,17H,13-16,18H2,1H3,(H,28,29). The van der Waals surface area contributed by atoms with Crippen molar-refractivity contribution in [2.75, 3.05) is 18.5 Å². The fourth-order valence-corrected chi connectivity index (χ4v) is 4.06. The van der Waals surface area contributed by atoms with Crippen LogP contribution in [-0.4, -0.2) is 19.1 Å². The Labute approximate surface area is 182 Å². The maximum absolute atomic E-state index is 14.6. The number of hydrogen-bond acceptors (Lipinski definition) is 3. The average Bonchev–Trinajstić information content (AvgIpc) is 2.80. The number of hydrogen-bond donors (Lipinski definition) is 1. The molecule has 1 aliphatic rings. The van der Waals surface area contributed by atoms with E-state index in [0.717, 1.165) is 16.9 Å². The van der Waals surface area contributed by atoms with Gasteiger partial charge >= 0.3 is 0 Å². The van der Waals surface area contributed by atoms with Gasteiger partial charge in [0.1, 0.15) is 18.2 Å². The van der Waals surface area contributed by atoms with E-state index in [1.807, 2.05) is 55.5 Å². The third-order valence-electron chi connectivity index (χ3n) is 5.84. The second-order valence-corrected chi connectivity index (χ2v) is 7.88. The predicted octanol–water partition coefficient (Wildman–Crippen LogP) is 5.40. The number of carbonyl (C=O) groups is 1. The van der Waals surface area contributed by atoms with Crippen LogP contribution in [0.2, 0.25) is 0 Å². The summed E-state index contributed by atoms with van der Waals surface area (Å²) in [6.07, 6.45) is 0.883. The number of benzene rings is 3. The maximum Gasteiger partial charge on any atom is 0.235 e. The van der Waals surface area contributed by atoms with Crippen molar-refractivity contribution in [1.29, 1.82) is 0 Å². The summed E-state index contributed by atoms with van der Waals surface area (Å²) in [6.45, 7) is 3.26. The van der Waals surface area contributed by atoms with E-state index in [1.165, 1.54) is 6.07 Å². The molecule has 0 radical (unpaired) electrons. The van der Waals surface area contributed by atoms with E-state index in [9.17, 15) is 9.18 Å². The van der Waals surface area contributed by atoms with E-state index in [-0.39, 0.29) is 11.7 Å². The number of halogens is 1. The molecule has 1 N–H and O–H groups in total. The summed E-state index contributed by atoms with van der Waals surface area (Å²) in [5, 5.41) is 3.00. The minimum atomic E-state index is -0.944. The Morgan fingerprint density at radius 2 is 1.74 bits per heavy atom. The molecule has 1 fully saturated rings. The van der Waals surface area contributed by atoms with Crippen LogP contribution < -0.4 is 10.1 Å². The summed E-state index contributed by atoms with van der Waals surface area (Å²) < 4.78 is 26.0. The smallest absolute Gasteiger partial charge is 0.235 e. The number of amides is 1. The molecule has 5 heteroatoms. The van der Waals surface area contributed by atoms with Gasteiger partial charge in [-0.3, -0.25) is 4.79 Å². The normalized spacial score (nSPS) is 15.3.